The van der Waals surface area contributed by atoms with Gasteiger partial charge >= 0.3 is 11.9 Å². The van der Waals surface area contributed by atoms with Gasteiger partial charge in [-0.2, -0.15) is 37.9 Å². The molecule has 0 aliphatic rings. The average Bonchev–Trinajstić information content (AvgIpc) is 2.75. The van der Waals surface area contributed by atoms with Crippen LogP contribution in [0.2, 0.25) is 0 Å². The van der Waals surface area contributed by atoms with Crippen molar-refractivity contribution in [2.24, 2.45) is 5.73 Å². The molecule has 8 N–H and O–H groups in total. The quantitative estimate of drug-likeness (QED) is 0.0987. The molecule has 0 aromatic carbocycles. The topological polar surface area (TPSA) is 217 Å². The smallest absolute Gasteiger partial charge is 0.327 e. The zero-order chi connectivity index (χ0) is 24.8. The van der Waals surface area contributed by atoms with Gasteiger partial charge in [0.15, 0.2) is 0 Å². The third kappa shape index (κ3) is 11.4. The molecule has 0 bridgehead atoms. The SMILES string of the molecule is N[C@@H](CS)C(=O)N[C@@H](CCC(=O)O)C(=O)N[C@@H](CS)C(=O)NCC(=O)N[C@@H](CS)C(=O)O. The van der Waals surface area contributed by atoms with Gasteiger partial charge in [0.05, 0.1) is 12.6 Å². The van der Waals surface area contributed by atoms with E-state index < -0.39 is 72.7 Å². The lowest BCUT2D eigenvalue weighted by atomic mass is 10.1. The Hall–Kier alpha value is -2.17. The molecule has 0 rings (SSSR count). The van der Waals surface area contributed by atoms with Crippen LogP contribution in [0, 0.1) is 0 Å². The van der Waals surface area contributed by atoms with Crippen molar-refractivity contribution in [3.8, 4) is 0 Å². The van der Waals surface area contributed by atoms with Crippen molar-refractivity contribution in [3.05, 3.63) is 0 Å². The number of carbonyl (C=O) groups is 6. The van der Waals surface area contributed by atoms with Gasteiger partial charge in [0.2, 0.25) is 23.6 Å². The maximum absolute atomic E-state index is 12.5. The van der Waals surface area contributed by atoms with Crippen LogP contribution in [-0.4, -0.2) is 93.8 Å². The average molecular weight is 514 g/mol. The highest BCUT2D eigenvalue weighted by Crippen LogP contribution is 2.01. The Morgan fingerprint density at radius 2 is 1.31 bits per heavy atom. The Labute approximate surface area is 200 Å². The van der Waals surface area contributed by atoms with Crippen LogP contribution in [0.5, 0.6) is 0 Å². The lowest BCUT2D eigenvalue weighted by molar-refractivity contribution is -0.141. The monoisotopic (exact) mass is 513 g/mol. The number of aliphatic carboxylic acids is 2. The second kappa shape index (κ2) is 15.6. The van der Waals surface area contributed by atoms with E-state index in [0.29, 0.717) is 0 Å². The summed E-state index contributed by atoms with van der Waals surface area (Å²) in [6.45, 7) is -0.577. The Morgan fingerprint density at radius 3 is 1.78 bits per heavy atom. The third-order valence-corrected chi connectivity index (χ3v) is 4.99. The Kier molecular flexibility index (Phi) is 14.5. The second-order valence-corrected chi connectivity index (χ2v) is 7.48. The number of amides is 4. The van der Waals surface area contributed by atoms with Gasteiger partial charge in [-0.1, -0.05) is 0 Å². The fraction of sp³-hybridized carbons (Fsp3) is 0.625. The fourth-order valence-corrected chi connectivity index (χ4v) is 2.76. The first-order valence-electron chi connectivity index (χ1n) is 9.17. The zero-order valence-corrected chi connectivity index (χ0v) is 19.5. The molecule has 16 heteroatoms. The van der Waals surface area contributed by atoms with E-state index in [1.807, 2.05) is 0 Å². The molecule has 0 spiro atoms. The minimum Gasteiger partial charge on any atom is -0.481 e. The molecule has 4 atom stereocenters. The van der Waals surface area contributed by atoms with E-state index in [4.69, 9.17) is 15.9 Å². The first-order chi connectivity index (χ1) is 15.0. The van der Waals surface area contributed by atoms with E-state index in [9.17, 15) is 28.8 Å². The minimum absolute atomic E-state index is 0.0151. The van der Waals surface area contributed by atoms with Gasteiger partial charge in [0.25, 0.3) is 0 Å². The van der Waals surface area contributed by atoms with Crippen LogP contribution in [0.4, 0.5) is 0 Å². The number of nitrogens with two attached hydrogens (primary N) is 1. The lowest BCUT2D eigenvalue weighted by Crippen LogP contribution is -2.57. The molecule has 0 heterocycles. The van der Waals surface area contributed by atoms with Gasteiger partial charge in [-0.25, -0.2) is 4.79 Å². The summed E-state index contributed by atoms with van der Waals surface area (Å²) in [6, 6.07) is -4.81. The van der Waals surface area contributed by atoms with Gasteiger partial charge in [0, 0.05) is 23.7 Å². The molecule has 0 saturated heterocycles. The summed E-state index contributed by atoms with van der Waals surface area (Å²) in [5, 5.41) is 26.7. The summed E-state index contributed by atoms with van der Waals surface area (Å²) in [6.07, 6.45) is -0.710. The zero-order valence-electron chi connectivity index (χ0n) is 16.8. The fourth-order valence-electron chi connectivity index (χ4n) is 2.09. The Morgan fingerprint density at radius 1 is 0.750 bits per heavy atom. The van der Waals surface area contributed by atoms with Gasteiger partial charge in [-0.05, 0) is 6.42 Å². The highest BCUT2D eigenvalue weighted by atomic mass is 32.1. The summed E-state index contributed by atoms with van der Waals surface area (Å²) in [5.41, 5.74) is 5.54. The normalized spacial score (nSPS) is 14.2. The molecule has 4 amide bonds. The molecule has 0 aliphatic heterocycles. The predicted molar refractivity (Wildman–Crippen MR) is 123 cm³/mol. The van der Waals surface area contributed by atoms with E-state index in [2.05, 4.69) is 59.2 Å². The number of carbonyl (C=O) groups excluding carboxylic acids is 4. The maximum Gasteiger partial charge on any atom is 0.327 e. The molecule has 32 heavy (non-hydrogen) atoms. The van der Waals surface area contributed by atoms with E-state index in [1.54, 1.807) is 0 Å². The highest BCUT2D eigenvalue weighted by molar-refractivity contribution is 7.80. The number of rotatable bonds is 15. The molecule has 13 nitrogen and oxygen atoms in total. The molecular weight excluding hydrogens is 486 g/mol. The van der Waals surface area contributed by atoms with Gasteiger partial charge in [-0.3, -0.25) is 24.0 Å². The van der Waals surface area contributed by atoms with Crippen LogP contribution in [0.25, 0.3) is 0 Å². The van der Waals surface area contributed by atoms with E-state index >= 15 is 0 Å². The number of nitrogens with one attached hydrogen (secondary N) is 4. The first kappa shape index (κ1) is 29.8. The first-order valence-corrected chi connectivity index (χ1v) is 11.1. The summed E-state index contributed by atoms with van der Waals surface area (Å²) in [7, 11) is 0. The van der Waals surface area contributed by atoms with Crippen molar-refractivity contribution in [1.29, 1.82) is 0 Å². The van der Waals surface area contributed by atoms with Crippen LogP contribution in [-0.2, 0) is 28.8 Å². The van der Waals surface area contributed by atoms with Gasteiger partial charge in [-0.15, -0.1) is 0 Å². The van der Waals surface area contributed by atoms with E-state index in [-0.39, 0.29) is 23.7 Å². The summed E-state index contributed by atoms with van der Waals surface area (Å²) in [5.74, 6) is -6.06. The number of thiol groups is 3. The molecule has 0 fully saturated rings. The van der Waals surface area contributed by atoms with Gasteiger partial charge in [0.1, 0.15) is 18.1 Å². The van der Waals surface area contributed by atoms with Crippen molar-refractivity contribution in [1.82, 2.24) is 21.3 Å². The van der Waals surface area contributed by atoms with Crippen molar-refractivity contribution < 1.29 is 39.0 Å². The van der Waals surface area contributed by atoms with Crippen LogP contribution < -0.4 is 27.0 Å². The molecular formula is C16H27N5O8S3. The van der Waals surface area contributed by atoms with Crippen molar-refractivity contribution in [3.63, 3.8) is 0 Å². The number of carboxylic acid groups (broad SMARTS) is 2. The lowest BCUT2D eigenvalue weighted by Gasteiger charge is -2.23. The molecule has 0 aromatic heterocycles. The summed E-state index contributed by atoms with van der Waals surface area (Å²) >= 11 is 11.6. The highest BCUT2D eigenvalue weighted by Gasteiger charge is 2.28. The maximum atomic E-state index is 12.5. The molecule has 0 saturated carbocycles. The minimum atomic E-state index is -1.30. The summed E-state index contributed by atoms with van der Waals surface area (Å²) < 4.78 is 0. The van der Waals surface area contributed by atoms with E-state index in [0.717, 1.165) is 0 Å². The molecule has 0 aliphatic carbocycles. The largest absolute Gasteiger partial charge is 0.481 e. The number of hydrogen-bond donors (Lipinski definition) is 10. The van der Waals surface area contributed by atoms with Crippen LogP contribution >= 0.6 is 37.9 Å². The standard InChI is InChI=1S/C16H27N5O8S3/c17-7(4-30)13(25)20-8(1-2-12(23)24)15(27)21-9(5-31)14(26)18-3-11(22)19-10(6-32)16(28)29/h7-10,30-32H,1-6,17H2,(H,18,26)(H,19,22)(H,20,25)(H,21,27)(H,23,24)(H,28,29)/t7-,8-,9-,10-/m0/s1. The van der Waals surface area contributed by atoms with Crippen LogP contribution in [0.1, 0.15) is 12.8 Å². The van der Waals surface area contributed by atoms with Gasteiger partial charge < -0.3 is 37.2 Å². The van der Waals surface area contributed by atoms with E-state index in [1.165, 1.54) is 0 Å². The van der Waals surface area contributed by atoms with Crippen molar-refractivity contribution >= 4 is 73.5 Å². The molecule has 0 aromatic rings. The van der Waals surface area contributed by atoms with Crippen LogP contribution in [0.15, 0.2) is 0 Å². The second-order valence-electron chi connectivity index (χ2n) is 6.39. The summed E-state index contributed by atoms with van der Waals surface area (Å²) in [4.78, 5) is 70.3. The molecule has 182 valence electrons. The predicted octanol–water partition coefficient (Wildman–Crippen LogP) is -3.38. The Bertz CT molecular complexity index is 711. The number of carboxylic acids is 2. The Balaban J connectivity index is 5.01. The van der Waals surface area contributed by atoms with Crippen molar-refractivity contribution in [2.75, 3.05) is 23.8 Å². The third-order valence-electron chi connectivity index (χ3n) is 3.87. The van der Waals surface area contributed by atoms with Crippen molar-refractivity contribution in [2.45, 2.75) is 37.0 Å². The molecule has 0 unspecified atom stereocenters. The van der Waals surface area contributed by atoms with Crippen LogP contribution in [0.3, 0.4) is 0 Å². The molecule has 0 radical (unpaired) electrons. The number of hydrogen-bond acceptors (Lipinski definition) is 10.